The molecule has 3 aromatic carbocycles. The molecular formula is C22H18ClN3O. The third-order valence-electron chi connectivity index (χ3n) is 4.35. The van der Waals surface area contributed by atoms with E-state index in [4.69, 9.17) is 16.6 Å². The summed E-state index contributed by atoms with van der Waals surface area (Å²) >= 11 is 6.00. The predicted molar refractivity (Wildman–Crippen MR) is 109 cm³/mol. The summed E-state index contributed by atoms with van der Waals surface area (Å²) in [5.74, 6) is 0.748. The number of nitrogens with one attached hydrogen (secondary N) is 1. The topological polar surface area (TPSA) is 46.9 Å². The molecule has 134 valence electrons. The van der Waals surface area contributed by atoms with Gasteiger partial charge in [0.05, 0.1) is 11.0 Å². The zero-order valence-electron chi connectivity index (χ0n) is 14.6. The first-order chi connectivity index (χ1) is 13.2. The second-order valence-corrected chi connectivity index (χ2v) is 6.76. The molecule has 1 N–H and O–H groups in total. The van der Waals surface area contributed by atoms with Crippen molar-refractivity contribution < 1.29 is 4.79 Å². The number of amides is 1. The number of hydrogen-bond acceptors (Lipinski definition) is 2. The van der Waals surface area contributed by atoms with Crippen molar-refractivity contribution in [1.82, 2.24) is 9.55 Å². The average molecular weight is 376 g/mol. The SMILES string of the molecule is O=C(Cn1c(Cc2ccccc2)nc2ccccc21)Nc1cccc(Cl)c1. The van der Waals surface area contributed by atoms with E-state index < -0.39 is 0 Å². The van der Waals surface area contributed by atoms with Gasteiger partial charge in [0.2, 0.25) is 5.91 Å². The molecule has 1 heterocycles. The van der Waals surface area contributed by atoms with Gasteiger partial charge in [-0.05, 0) is 35.9 Å². The third-order valence-corrected chi connectivity index (χ3v) is 4.58. The van der Waals surface area contributed by atoms with Gasteiger partial charge in [-0.2, -0.15) is 0 Å². The Morgan fingerprint density at radius 3 is 2.56 bits per heavy atom. The van der Waals surface area contributed by atoms with Crippen molar-refractivity contribution in [3.63, 3.8) is 0 Å². The Morgan fingerprint density at radius 2 is 1.74 bits per heavy atom. The van der Waals surface area contributed by atoms with Crippen LogP contribution in [0, 0.1) is 0 Å². The smallest absolute Gasteiger partial charge is 0.244 e. The number of halogens is 1. The van der Waals surface area contributed by atoms with Gasteiger partial charge >= 0.3 is 0 Å². The van der Waals surface area contributed by atoms with Crippen LogP contribution in [0.2, 0.25) is 5.02 Å². The Morgan fingerprint density at radius 1 is 0.963 bits per heavy atom. The molecule has 4 rings (SSSR count). The minimum absolute atomic E-state index is 0.116. The van der Waals surface area contributed by atoms with Crippen LogP contribution in [0.3, 0.4) is 0 Å². The molecule has 0 bridgehead atoms. The van der Waals surface area contributed by atoms with Crippen LogP contribution in [0.4, 0.5) is 5.69 Å². The Kier molecular flexibility index (Phi) is 4.90. The molecule has 0 saturated carbocycles. The molecule has 5 heteroatoms. The minimum Gasteiger partial charge on any atom is -0.324 e. The van der Waals surface area contributed by atoms with Crippen molar-refractivity contribution >= 4 is 34.2 Å². The molecule has 4 nitrogen and oxygen atoms in total. The molecule has 4 aromatic rings. The molecule has 27 heavy (non-hydrogen) atoms. The fraction of sp³-hybridized carbons (Fsp3) is 0.0909. The summed E-state index contributed by atoms with van der Waals surface area (Å²) in [5.41, 5.74) is 3.68. The Labute approximate surface area is 162 Å². The third kappa shape index (κ3) is 4.01. The molecule has 1 aromatic heterocycles. The summed E-state index contributed by atoms with van der Waals surface area (Å²) in [6.07, 6.45) is 0.667. The zero-order valence-corrected chi connectivity index (χ0v) is 15.4. The monoisotopic (exact) mass is 375 g/mol. The summed E-state index contributed by atoms with van der Waals surface area (Å²) in [6.45, 7) is 0.190. The second-order valence-electron chi connectivity index (χ2n) is 6.32. The first kappa shape index (κ1) is 17.3. The van der Waals surface area contributed by atoms with Crippen LogP contribution in [0.25, 0.3) is 11.0 Å². The molecule has 0 unspecified atom stereocenters. The van der Waals surface area contributed by atoms with Crippen LogP contribution in [0.1, 0.15) is 11.4 Å². The number of hydrogen-bond donors (Lipinski definition) is 1. The van der Waals surface area contributed by atoms with Gasteiger partial charge in [-0.3, -0.25) is 4.79 Å². The van der Waals surface area contributed by atoms with Crippen LogP contribution in [-0.4, -0.2) is 15.5 Å². The molecule has 0 radical (unpaired) electrons. The van der Waals surface area contributed by atoms with Gasteiger partial charge in [0.15, 0.2) is 0 Å². The van der Waals surface area contributed by atoms with Gasteiger partial charge in [-0.25, -0.2) is 4.98 Å². The number of carbonyl (C=O) groups excluding carboxylic acids is 1. The van der Waals surface area contributed by atoms with Gasteiger partial charge in [0.1, 0.15) is 12.4 Å². The van der Waals surface area contributed by atoms with Crippen molar-refractivity contribution in [3.8, 4) is 0 Å². The summed E-state index contributed by atoms with van der Waals surface area (Å²) in [7, 11) is 0. The lowest BCUT2D eigenvalue weighted by atomic mass is 10.1. The number of para-hydroxylation sites is 2. The number of aromatic nitrogens is 2. The molecule has 1 amide bonds. The van der Waals surface area contributed by atoms with E-state index in [-0.39, 0.29) is 12.5 Å². The van der Waals surface area contributed by atoms with Gasteiger partial charge in [-0.15, -0.1) is 0 Å². The van der Waals surface area contributed by atoms with E-state index in [0.29, 0.717) is 17.1 Å². The maximum absolute atomic E-state index is 12.6. The fourth-order valence-electron chi connectivity index (χ4n) is 3.13. The molecule has 0 saturated heterocycles. The first-order valence-corrected chi connectivity index (χ1v) is 9.10. The zero-order chi connectivity index (χ0) is 18.6. The number of carbonyl (C=O) groups is 1. The molecule has 0 spiro atoms. The summed E-state index contributed by atoms with van der Waals surface area (Å²) in [4.78, 5) is 17.4. The van der Waals surface area contributed by atoms with Crippen LogP contribution in [-0.2, 0) is 17.8 Å². The standard InChI is InChI=1S/C22H18ClN3O/c23-17-9-6-10-18(14-17)24-22(27)15-26-20-12-5-4-11-19(20)25-21(26)13-16-7-2-1-3-8-16/h1-12,14H,13,15H2,(H,24,27). The maximum Gasteiger partial charge on any atom is 0.244 e. The number of anilines is 1. The van der Waals surface area contributed by atoms with Crippen molar-refractivity contribution in [2.24, 2.45) is 0 Å². The largest absolute Gasteiger partial charge is 0.324 e. The van der Waals surface area contributed by atoms with Crippen LogP contribution >= 0.6 is 11.6 Å². The van der Waals surface area contributed by atoms with E-state index in [2.05, 4.69) is 17.4 Å². The van der Waals surface area contributed by atoms with Crippen LogP contribution in [0.15, 0.2) is 78.9 Å². The normalized spacial score (nSPS) is 10.9. The van der Waals surface area contributed by atoms with Gasteiger partial charge in [-0.1, -0.05) is 60.1 Å². The van der Waals surface area contributed by atoms with Crippen molar-refractivity contribution in [2.75, 3.05) is 5.32 Å². The lowest BCUT2D eigenvalue weighted by molar-refractivity contribution is -0.116. The second kappa shape index (κ2) is 7.64. The number of benzene rings is 3. The number of fused-ring (bicyclic) bond motifs is 1. The lowest BCUT2D eigenvalue weighted by Gasteiger charge is -2.10. The van der Waals surface area contributed by atoms with E-state index in [1.165, 1.54) is 0 Å². The lowest BCUT2D eigenvalue weighted by Crippen LogP contribution is -2.20. The van der Waals surface area contributed by atoms with E-state index >= 15 is 0 Å². The molecule has 0 aliphatic rings. The number of rotatable bonds is 5. The highest BCUT2D eigenvalue weighted by molar-refractivity contribution is 6.30. The molecular weight excluding hydrogens is 358 g/mol. The highest BCUT2D eigenvalue weighted by Crippen LogP contribution is 2.20. The fourth-order valence-corrected chi connectivity index (χ4v) is 3.32. The number of nitrogens with zero attached hydrogens (tertiary/aromatic N) is 2. The van der Waals surface area contributed by atoms with E-state index in [0.717, 1.165) is 22.4 Å². The minimum atomic E-state index is -0.116. The summed E-state index contributed by atoms with van der Waals surface area (Å²) in [6, 6.07) is 25.2. The average Bonchev–Trinajstić information content (AvgIpc) is 3.00. The van der Waals surface area contributed by atoms with Gasteiger partial charge in [0.25, 0.3) is 0 Å². The Hall–Kier alpha value is -3.11. The van der Waals surface area contributed by atoms with Crippen LogP contribution < -0.4 is 5.32 Å². The van der Waals surface area contributed by atoms with E-state index in [9.17, 15) is 4.79 Å². The Bertz CT molecular complexity index is 1090. The van der Waals surface area contributed by atoms with Gasteiger partial charge in [0, 0.05) is 17.1 Å². The molecule has 0 aliphatic carbocycles. The van der Waals surface area contributed by atoms with E-state index in [1.807, 2.05) is 59.2 Å². The van der Waals surface area contributed by atoms with Crippen molar-refractivity contribution in [3.05, 3.63) is 95.3 Å². The number of imidazole rings is 1. The molecule has 0 fully saturated rings. The molecule has 0 aliphatic heterocycles. The van der Waals surface area contributed by atoms with Crippen molar-refractivity contribution in [2.45, 2.75) is 13.0 Å². The highest BCUT2D eigenvalue weighted by Gasteiger charge is 2.14. The quantitative estimate of drug-likeness (QED) is 0.538. The Balaban J connectivity index is 1.63. The first-order valence-electron chi connectivity index (χ1n) is 8.72. The van der Waals surface area contributed by atoms with E-state index in [1.54, 1.807) is 12.1 Å². The highest BCUT2D eigenvalue weighted by atomic mass is 35.5. The summed E-state index contributed by atoms with van der Waals surface area (Å²) < 4.78 is 1.97. The predicted octanol–water partition coefficient (Wildman–Crippen LogP) is 4.92. The van der Waals surface area contributed by atoms with Crippen LogP contribution in [0.5, 0.6) is 0 Å². The molecule has 0 atom stereocenters. The van der Waals surface area contributed by atoms with Gasteiger partial charge < -0.3 is 9.88 Å². The summed E-state index contributed by atoms with van der Waals surface area (Å²) in [5, 5.41) is 3.49. The van der Waals surface area contributed by atoms with Crippen molar-refractivity contribution in [1.29, 1.82) is 0 Å². The maximum atomic E-state index is 12.6.